The fraction of sp³-hybridized carbons (Fsp3) is 0.667. The Morgan fingerprint density at radius 2 is 1.75 bits per heavy atom. The minimum Gasteiger partial charge on any atom is -0.368 e. The van der Waals surface area contributed by atoms with Gasteiger partial charge >= 0.3 is 7.60 Å². The number of ether oxygens (including phenoxy) is 1. The summed E-state index contributed by atoms with van der Waals surface area (Å²) in [6.45, 7) is 8.99. The molecule has 2 N–H and O–H groups in total. The molecule has 0 aliphatic heterocycles. The van der Waals surface area contributed by atoms with Gasteiger partial charge in [-0.15, -0.1) is 9.35 Å². The number of fused-ring (bicyclic) bond motifs is 1. The van der Waals surface area contributed by atoms with Crippen LogP contribution in [0.4, 0.5) is 5.95 Å². The van der Waals surface area contributed by atoms with E-state index >= 15 is 0 Å². The van der Waals surface area contributed by atoms with Crippen molar-refractivity contribution in [2.45, 2.75) is 59.5 Å². The van der Waals surface area contributed by atoms with Crippen LogP contribution in [0.2, 0.25) is 5.15 Å². The predicted octanol–water partition coefficient (Wildman–Crippen LogP) is 3.33. The summed E-state index contributed by atoms with van der Waals surface area (Å²) in [5.74, 6) is 0.0378. The third kappa shape index (κ3) is 6.63. The highest BCUT2D eigenvalue weighted by atomic mass is 35.5. The molecule has 28 heavy (non-hydrogen) atoms. The minimum atomic E-state index is -3.79. The minimum absolute atomic E-state index is 0.0378. The molecule has 0 bridgehead atoms. The fourth-order valence-corrected chi connectivity index (χ4v) is 3.34. The lowest BCUT2D eigenvalue weighted by atomic mass is 10.4. The molecule has 0 unspecified atom stereocenters. The van der Waals surface area contributed by atoms with Gasteiger partial charge in [0.1, 0.15) is 5.52 Å². The first-order valence-electron chi connectivity index (χ1n) is 8.64. The largest absolute Gasteiger partial charge is 0.409 e. The molecule has 0 radical (unpaired) electrons. The van der Waals surface area contributed by atoms with Crippen molar-refractivity contribution in [2.24, 2.45) is 0 Å². The van der Waals surface area contributed by atoms with Crippen LogP contribution in [-0.4, -0.2) is 44.2 Å². The zero-order valence-electron chi connectivity index (χ0n) is 16.4. The number of hydrogen-bond acceptors (Lipinski definition) is 10. The predicted molar refractivity (Wildman–Crippen MR) is 102 cm³/mol. The molecule has 0 amide bonds. The Balaban J connectivity index is 2.02. The van der Waals surface area contributed by atoms with E-state index < -0.39 is 13.7 Å². The number of anilines is 1. The van der Waals surface area contributed by atoms with Crippen LogP contribution >= 0.6 is 19.2 Å². The first-order valence-corrected chi connectivity index (χ1v) is 10.7. The fourth-order valence-electron chi connectivity index (χ4n) is 1.97. The van der Waals surface area contributed by atoms with Gasteiger partial charge in [-0.1, -0.05) is 11.6 Å². The Hall–Kier alpha value is -1.33. The van der Waals surface area contributed by atoms with Crippen LogP contribution in [0.25, 0.3) is 11.2 Å². The summed E-state index contributed by atoms with van der Waals surface area (Å²) in [6, 6.07) is 0. The third-order valence-corrected chi connectivity index (χ3v) is 4.46. The molecule has 0 aromatic carbocycles. The van der Waals surface area contributed by atoms with Crippen LogP contribution in [0.15, 0.2) is 6.33 Å². The second kappa shape index (κ2) is 9.93. The number of halogens is 1. The Bertz CT molecular complexity index is 817. The van der Waals surface area contributed by atoms with Gasteiger partial charge in [-0.2, -0.15) is 9.97 Å². The number of aromatic nitrogens is 4. The Morgan fingerprint density at radius 1 is 1.14 bits per heavy atom. The summed E-state index contributed by atoms with van der Waals surface area (Å²) >= 11 is 6.02. The van der Waals surface area contributed by atoms with Gasteiger partial charge in [-0.05, 0) is 34.6 Å². The highest BCUT2D eigenvalue weighted by molar-refractivity contribution is 7.53. The lowest BCUT2D eigenvalue weighted by molar-refractivity contribution is -0.294. The topological polar surface area (TPSA) is 133 Å². The molecule has 2 rings (SSSR count). The number of nitrogens with zero attached hydrogens (tertiary/aromatic N) is 4. The molecule has 2 aromatic heterocycles. The molecule has 0 aliphatic carbocycles. The number of rotatable bonds is 11. The number of nitrogens with two attached hydrogens (primary N) is 1. The summed E-state index contributed by atoms with van der Waals surface area (Å²) in [7, 11) is -3.79. The normalized spacial score (nSPS) is 13.7. The maximum atomic E-state index is 12.7. The van der Waals surface area contributed by atoms with E-state index in [1.54, 1.807) is 45.5 Å². The molecule has 2 aromatic rings. The van der Waals surface area contributed by atoms with Gasteiger partial charge in [0.15, 0.2) is 17.1 Å². The van der Waals surface area contributed by atoms with Crippen LogP contribution < -0.4 is 5.73 Å². The molecule has 158 valence electrons. The third-order valence-electron chi connectivity index (χ3n) is 3.11. The first kappa shape index (κ1) is 23.0. The molecular weight excluding hydrogens is 413 g/mol. The van der Waals surface area contributed by atoms with E-state index in [-0.39, 0.29) is 29.7 Å². The lowest BCUT2D eigenvalue weighted by Crippen LogP contribution is -2.19. The Morgan fingerprint density at radius 3 is 2.32 bits per heavy atom. The quantitative estimate of drug-likeness (QED) is 0.241. The van der Waals surface area contributed by atoms with Crippen molar-refractivity contribution < 1.29 is 28.4 Å². The van der Waals surface area contributed by atoms with Gasteiger partial charge in [0.25, 0.3) is 0 Å². The average molecular weight is 438 g/mol. The van der Waals surface area contributed by atoms with Crippen LogP contribution in [0.1, 0.15) is 34.6 Å². The molecule has 1 atom stereocenters. The maximum absolute atomic E-state index is 12.7. The molecule has 0 saturated heterocycles. The molecule has 0 spiro atoms. The highest BCUT2D eigenvalue weighted by Gasteiger charge is 2.31. The van der Waals surface area contributed by atoms with Crippen molar-refractivity contribution in [1.82, 2.24) is 19.5 Å². The van der Waals surface area contributed by atoms with E-state index in [0.717, 1.165) is 0 Å². The van der Waals surface area contributed by atoms with E-state index in [2.05, 4.69) is 15.0 Å². The van der Waals surface area contributed by atoms with Crippen molar-refractivity contribution in [3.63, 3.8) is 0 Å². The van der Waals surface area contributed by atoms with Gasteiger partial charge in [-0.3, -0.25) is 4.57 Å². The zero-order valence-corrected chi connectivity index (χ0v) is 18.0. The van der Waals surface area contributed by atoms with Crippen LogP contribution in [-0.2, 0) is 35.0 Å². The van der Waals surface area contributed by atoms with Crippen molar-refractivity contribution in [3.8, 4) is 0 Å². The lowest BCUT2D eigenvalue weighted by Gasteiger charge is -2.20. The molecule has 2 heterocycles. The van der Waals surface area contributed by atoms with E-state index in [1.165, 1.54) is 0 Å². The second-order valence-corrected chi connectivity index (χ2v) is 8.73. The summed E-state index contributed by atoms with van der Waals surface area (Å²) in [4.78, 5) is 22.1. The van der Waals surface area contributed by atoms with Gasteiger partial charge in [0.05, 0.1) is 31.2 Å². The van der Waals surface area contributed by atoms with Crippen molar-refractivity contribution in [2.75, 3.05) is 12.1 Å². The van der Waals surface area contributed by atoms with Gasteiger partial charge in [-0.25, -0.2) is 14.8 Å². The number of imidazole rings is 1. The van der Waals surface area contributed by atoms with Gasteiger partial charge in [0.2, 0.25) is 5.95 Å². The summed E-state index contributed by atoms with van der Waals surface area (Å²) < 4.78 is 29.9. The average Bonchev–Trinajstić information content (AvgIpc) is 3.00. The molecule has 11 nitrogen and oxygen atoms in total. The molecular formula is C15H25ClN5O6P. The smallest absolute Gasteiger partial charge is 0.368 e. The summed E-state index contributed by atoms with van der Waals surface area (Å²) in [5, 5.41) is 0.165. The maximum Gasteiger partial charge on any atom is 0.409 e. The molecule has 0 fully saturated rings. The first-order chi connectivity index (χ1) is 13.1. The monoisotopic (exact) mass is 437 g/mol. The van der Waals surface area contributed by atoms with Crippen LogP contribution in [0.3, 0.4) is 0 Å². The standard InChI is InChI=1S/C15H25ClN5O6P/c1-9(2)24-26-28(22,27-25-10(3)4)8-23-11(5)6-21-7-18-12-13(16)19-15(17)20-14(12)21/h7,9-11H,6,8H2,1-5H3,(H2,17,19,20)/t11-/m1/s1. The molecule has 13 heteroatoms. The van der Waals surface area contributed by atoms with Crippen LogP contribution in [0.5, 0.6) is 0 Å². The van der Waals surface area contributed by atoms with Crippen LogP contribution in [0, 0.1) is 0 Å². The summed E-state index contributed by atoms with van der Waals surface area (Å²) in [5.41, 5.74) is 6.53. The van der Waals surface area contributed by atoms with Gasteiger partial charge in [0, 0.05) is 0 Å². The Labute approximate surface area is 167 Å². The van der Waals surface area contributed by atoms with E-state index in [4.69, 9.17) is 41.2 Å². The number of nitrogen functional groups attached to an aromatic ring is 1. The Kier molecular flexibility index (Phi) is 8.14. The van der Waals surface area contributed by atoms with E-state index in [9.17, 15) is 4.57 Å². The van der Waals surface area contributed by atoms with E-state index in [0.29, 0.717) is 17.7 Å². The van der Waals surface area contributed by atoms with Crippen molar-refractivity contribution >= 4 is 36.3 Å². The second-order valence-electron chi connectivity index (χ2n) is 6.60. The number of hydrogen-bond donors (Lipinski definition) is 1. The van der Waals surface area contributed by atoms with E-state index in [1.807, 2.05) is 0 Å². The van der Waals surface area contributed by atoms with Crippen molar-refractivity contribution in [3.05, 3.63) is 11.5 Å². The molecule has 0 saturated carbocycles. The summed E-state index contributed by atoms with van der Waals surface area (Å²) in [6.07, 6.45) is 0.117. The molecule has 0 aliphatic rings. The zero-order chi connectivity index (χ0) is 20.9. The SMILES string of the molecule is CC(C)OOP(=O)(CO[C@H](C)Cn1cnc2c(Cl)nc(N)nc21)OOC(C)C. The van der Waals surface area contributed by atoms with Gasteiger partial charge < -0.3 is 15.0 Å². The van der Waals surface area contributed by atoms with Crippen molar-refractivity contribution in [1.29, 1.82) is 0 Å². The highest BCUT2D eigenvalue weighted by Crippen LogP contribution is 2.49.